The molecule has 4 heteroatoms. The molecule has 0 saturated carbocycles. The van der Waals surface area contributed by atoms with Gasteiger partial charge in [0.1, 0.15) is 0 Å². The Morgan fingerprint density at radius 1 is 1.16 bits per heavy atom. The van der Waals surface area contributed by atoms with E-state index in [0.29, 0.717) is 6.54 Å². The van der Waals surface area contributed by atoms with Crippen LogP contribution in [0, 0.1) is 19.8 Å². The Kier molecular flexibility index (Phi) is 4.88. The van der Waals surface area contributed by atoms with Crippen LogP contribution in [0.25, 0.3) is 0 Å². The van der Waals surface area contributed by atoms with Crippen molar-refractivity contribution in [2.24, 2.45) is 5.92 Å². The normalized spacial score (nSPS) is 17.0. The number of rotatable bonds is 4. The van der Waals surface area contributed by atoms with Gasteiger partial charge in [-0.25, -0.2) is 0 Å². The summed E-state index contributed by atoms with van der Waals surface area (Å²) in [4.78, 5) is 26.7. The second kappa shape index (κ2) is 7.09. The number of amides is 2. The molecule has 1 heterocycles. The van der Waals surface area contributed by atoms with E-state index in [1.165, 1.54) is 5.56 Å². The average Bonchev–Trinajstić information content (AvgIpc) is 3.00. The molecular weight excluding hydrogens is 312 g/mol. The Morgan fingerprint density at radius 3 is 2.56 bits per heavy atom. The molecule has 1 fully saturated rings. The number of carbonyl (C=O) groups excluding carboxylic acids is 2. The number of benzene rings is 2. The van der Waals surface area contributed by atoms with Gasteiger partial charge in [-0.2, -0.15) is 0 Å². The van der Waals surface area contributed by atoms with Crippen LogP contribution >= 0.6 is 0 Å². The van der Waals surface area contributed by atoms with Crippen molar-refractivity contribution in [1.82, 2.24) is 0 Å². The van der Waals surface area contributed by atoms with Gasteiger partial charge in [-0.1, -0.05) is 31.2 Å². The molecule has 1 atom stereocenters. The number of nitrogens with one attached hydrogen (secondary N) is 1. The van der Waals surface area contributed by atoms with Gasteiger partial charge in [0.25, 0.3) is 0 Å². The molecule has 1 N–H and O–H groups in total. The smallest absolute Gasteiger partial charge is 0.229 e. The monoisotopic (exact) mass is 336 g/mol. The highest BCUT2D eigenvalue weighted by Crippen LogP contribution is 2.27. The third-order valence-electron chi connectivity index (χ3n) is 4.80. The molecule has 25 heavy (non-hydrogen) atoms. The van der Waals surface area contributed by atoms with Crippen molar-refractivity contribution in [2.45, 2.75) is 33.6 Å². The highest BCUT2D eigenvalue weighted by Gasteiger charge is 2.35. The van der Waals surface area contributed by atoms with Gasteiger partial charge in [-0.15, -0.1) is 0 Å². The molecule has 1 aliphatic rings. The predicted octanol–water partition coefficient (Wildman–Crippen LogP) is 3.86. The number of anilines is 2. The fraction of sp³-hybridized carbons (Fsp3) is 0.333. The van der Waals surface area contributed by atoms with Gasteiger partial charge in [0.15, 0.2) is 0 Å². The van der Waals surface area contributed by atoms with Gasteiger partial charge < -0.3 is 10.2 Å². The van der Waals surface area contributed by atoms with Crippen LogP contribution in [0.15, 0.2) is 42.5 Å². The molecule has 1 saturated heterocycles. The largest absolute Gasteiger partial charge is 0.326 e. The van der Waals surface area contributed by atoms with E-state index in [1.807, 2.05) is 56.3 Å². The summed E-state index contributed by atoms with van der Waals surface area (Å²) >= 11 is 0. The average molecular weight is 336 g/mol. The summed E-state index contributed by atoms with van der Waals surface area (Å²) in [5.41, 5.74) is 5.04. The second-order valence-electron chi connectivity index (χ2n) is 6.73. The zero-order chi connectivity index (χ0) is 18.0. The van der Waals surface area contributed by atoms with Crippen molar-refractivity contribution in [2.75, 3.05) is 16.8 Å². The van der Waals surface area contributed by atoms with Crippen LogP contribution < -0.4 is 10.2 Å². The van der Waals surface area contributed by atoms with Crippen LogP contribution in [0.3, 0.4) is 0 Å². The van der Waals surface area contributed by atoms with E-state index in [0.717, 1.165) is 28.9 Å². The minimum Gasteiger partial charge on any atom is -0.326 e. The summed E-state index contributed by atoms with van der Waals surface area (Å²) in [7, 11) is 0. The van der Waals surface area contributed by atoms with E-state index in [1.54, 1.807) is 4.90 Å². The molecule has 0 radical (unpaired) electrons. The van der Waals surface area contributed by atoms with Crippen molar-refractivity contribution in [1.29, 1.82) is 0 Å². The zero-order valence-electron chi connectivity index (χ0n) is 15.0. The quantitative estimate of drug-likeness (QED) is 0.922. The van der Waals surface area contributed by atoms with Crippen LogP contribution in [0.1, 0.15) is 30.0 Å². The minimum atomic E-state index is -0.321. The van der Waals surface area contributed by atoms with Gasteiger partial charge >= 0.3 is 0 Å². The van der Waals surface area contributed by atoms with E-state index >= 15 is 0 Å². The first-order chi connectivity index (χ1) is 12.0. The van der Waals surface area contributed by atoms with Crippen LogP contribution in [0.2, 0.25) is 0 Å². The number of carbonyl (C=O) groups is 2. The van der Waals surface area contributed by atoms with Crippen molar-refractivity contribution in [3.63, 3.8) is 0 Å². The van der Waals surface area contributed by atoms with Gasteiger partial charge in [0, 0.05) is 24.3 Å². The van der Waals surface area contributed by atoms with Crippen molar-refractivity contribution >= 4 is 23.2 Å². The number of hydrogen-bond acceptors (Lipinski definition) is 2. The van der Waals surface area contributed by atoms with Crippen molar-refractivity contribution < 1.29 is 9.59 Å². The van der Waals surface area contributed by atoms with E-state index in [9.17, 15) is 9.59 Å². The maximum Gasteiger partial charge on any atom is 0.229 e. The van der Waals surface area contributed by atoms with Crippen molar-refractivity contribution in [3.8, 4) is 0 Å². The van der Waals surface area contributed by atoms with Crippen molar-refractivity contribution in [3.05, 3.63) is 59.2 Å². The molecule has 0 bridgehead atoms. The lowest BCUT2D eigenvalue weighted by atomic mass is 10.1. The summed E-state index contributed by atoms with van der Waals surface area (Å²) < 4.78 is 0. The molecule has 4 nitrogen and oxygen atoms in total. The zero-order valence-corrected chi connectivity index (χ0v) is 15.0. The lowest BCUT2D eigenvalue weighted by molar-refractivity contribution is -0.122. The topological polar surface area (TPSA) is 49.4 Å². The van der Waals surface area contributed by atoms with Gasteiger partial charge in [0.05, 0.1) is 5.92 Å². The van der Waals surface area contributed by atoms with E-state index < -0.39 is 0 Å². The molecule has 3 rings (SSSR count). The van der Waals surface area contributed by atoms with E-state index in [-0.39, 0.29) is 24.2 Å². The summed E-state index contributed by atoms with van der Waals surface area (Å²) in [5.74, 6) is -0.404. The molecule has 0 aliphatic carbocycles. The van der Waals surface area contributed by atoms with Crippen LogP contribution in [-0.4, -0.2) is 18.4 Å². The molecule has 2 aromatic rings. The standard InChI is InChI=1S/C21H24N2O2/c1-4-16-7-9-18(10-8-16)23-13-17(12-20(23)24)21(25)22-19-11-14(2)5-6-15(19)3/h5-11,17H,4,12-13H2,1-3H3,(H,22,25)/t17-/m0/s1. The Bertz CT molecular complexity index is 796. The minimum absolute atomic E-state index is 0.00497. The summed E-state index contributed by atoms with van der Waals surface area (Å²) in [6.07, 6.45) is 1.22. The molecular formula is C21H24N2O2. The Morgan fingerprint density at radius 2 is 1.88 bits per heavy atom. The Labute approximate surface area is 148 Å². The predicted molar refractivity (Wildman–Crippen MR) is 101 cm³/mol. The van der Waals surface area contributed by atoms with Gasteiger partial charge in [0.2, 0.25) is 11.8 Å². The molecule has 2 amide bonds. The lowest BCUT2D eigenvalue weighted by Gasteiger charge is -2.17. The summed E-state index contributed by atoms with van der Waals surface area (Å²) in [6.45, 7) is 6.50. The highest BCUT2D eigenvalue weighted by molar-refractivity contribution is 6.03. The fourth-order valence-electron chi connectivity index (χ4n) is 3.15. The molecule has 130 valence electrons. The third kappa shape index (κ3) is 3.73. The van der Waals surface area contributed by atoms with Crippen LogP contribution in [0.4, 0.5) is 11.4 Å². The molecule has 2 aromatic carbocycles. The van der Waals surface area contributed by atoms with E-state index in [2.05, 4.69) is 12.2 Å². The Balaban J connectivity index is 1.70. The number of nitrogens with zero attached hydrogens (tertiary/aromatic N) is 1. The second-order valence-corrected chi connectivity index (χ2v) is 6.73. The lowest BCUT2D eigenvalue weighted by Crippen LogP contribution is -2.28. The third-order valence-corrected chi connectivity index (χ3v) is 4.80. The molecule has 1 aliphatic heterocycles. The maximum absolute atomic E-state index is 12.6. The summed E-state index contributed by atoms with van der Waals surface area (Å²) in [6, 6.07) is 14.0. The van der Waals surface area contributed by atoms with Gasteiger partial charge in [-0.3, -0.25) is 9.59 Å². The maximum atomic E-state index is 12.6. The Hall–Kier alpha value is -2.62. The van der Waals surface area contributed by atoms with Gasteiger partial charge in [-0.05, 0) is 55.2 Å². The molecule has 0 aromatic heterocycles. The van der Waals surface area contributed by atoms with Crippen LogP contribution in [-0.2, 0) is 16.0 Å². The first-order valence-corrected chi connectivity index (χ1v) is 8.75. The summed E-state index contributed by atoms with van der Waals surface area (Å²) in [5, 5.41) is 2.99. The molecule has 0 unspecified atom stereocenters. The van der Waals surface area contributed by atoms with Crippen LogP contribution in [0.5, 0.6) is 0 Å². The van der Waals surface area contributed by atoms with E-state index in [4.69, 9.17) is 0 Å². The molecule has 0 spiro atoms. The highest BCUT2D eigenvalue weighted by atomic mass is 16.2. The SMILES string of the molecule is CCc1ccc(N2C[C@@H](C(=O)Nc3cc(C)ccc3C)CC2=O)cc1. The number of hydrogen-bond donors (Lipinski definition) is 1. The fourth-order valence-corrected chi connectivity index (χ4v) is 3.15. The first-order valence-electron chi connectivity index (χ1n) is 8.75. The first kappa shape index (κ1) is 17.2. The number of aryl methyl sites for hydroxylation is 3.